The van der Waals surface area contributed by atoms with E-state index in [4.69, 9.17) is 4.74 Å². The molecule has 0 saturated carbocycles. The molecule has 82 valence electrons. The maximum absolute atomic E-state index is 12.8. The van der Waals surface area contributed by atoms with Gasteiger partial charge in [-0.25, -0.2) is 0 Å². The van der Waals surface area contributed by atoms with E-state index in [1.54, 1.807) is 0 Å². The average molecular weight is 218 g/mol. The number of phenolic OH excluding ortho intramolecular Hbond substituents is 1. The highest BCUT2D eigenvalue weighted by molar-refractivity contribution is 5.52. The van der Waals surface area contributed by atoms with E-state index in [2.05, 4.69) is 0 Å². The molecule has 1 aliphatic heterocycles. The van der Waals surface area contributed by atoms with Crippen LogP contribution >= 0.6 is 0 Å². The molecule has 1 atom stereocenters. The first-order valence-electron chi connectivity index (χ1n) is 4.38. The van der Waals surface area contributed by atoms with E-state index < -0.39 is 18.2 Å². The summed E-state index contributed by atoms with van der Waals surface area (Å²) < 4.78 is 43.4. The van der Waals surface area contributed by atoms with Crippen molar-refractivity contribution in [3.63, 3.8) is 0 Å². The Balaban J connectivity index is 2.62. The quantitative estimate of drug-likeness (QED) is 0.725. The van der Waals surface area contributed by atoms with E-state index in [0.29, 0.717) is 0 Å². The second-order valence-corrected chi connectivity index (χ2v) is 3.77. The van der Waals surface area contributed by atoms with Crippen LogP contribution in [-0.4, -0.2) is 17.9 Å². The molecule has 1 unspecified atom stereocenters. The number of hydrogen-bond donors (Lipinski definition) is 1. The van der Waals surface area contributed by atoms with Crippen LogP contribution in [0.25, 0.3) is 0 Å². The fraction of sp³-hybridized carbons (Fsp3) is 0.400. The fourth-order valence-corrected chi connectivity index (χ4v) is 1.71. The summed E-state index contributed by atoms with van der Waals surface area (Å²) in [7, 11) is 0. The second-order valence-electron chi connectivity index (χ2n) is 3.77. The lowest BCUT2D eigenvalue weighted by Crippen LogP contribution is -2.40. The minimum atomic E-state index is -4.43. The summed E-state index contributed by atoms with van der Waals surface area (Å²) >= 11 is 0. The zero-order valence-electron chi connectivity index (χ0n) is 7.93. The summed E-state index contributed by atoms with van der Waals surface area (Å²) in [6, 6.07) is 4.11. The van der Waals surface area contributed by atoms with Crippen molar-refractivity contribution in [1.82, 2.24) is 0 Å². The maximum Gasteiger partial charge on any atom is 0.401 e. The van der Waals surface area contributed by atoms with Crippen molar-refractivity contribution in [3.8, 4) is 11.5 Å². The molecule has 2 nitrogen and oxygen atoms in total. The van der Waals surface area contributed by atoms with Gasteiger partial charge in [-0.05, 0) is 19.1 Å². The van der Waals surface area contributed by atoms with Crippen LogP contribution in [0.3, 0.4) is 0 Å². The van der Waals surface area contributed by atoms with Crippen molar-refractivity contribution in [1.29, 1.82) is 0 Å². The molecule has 15 heavy (non-hydrogen) atoms. The zero-order valence-corrected chi connectivity index (χ0v) is 7.93. The van der Waals surface area contributed by atoms with Crippen LogP contribution in [0.1, 0.15) is 12.5 Å². The van der Waals surface area contributed by atoms with Crippen molar-refractivity contribution < 1.29 is 23.0 Å². The Labute approximate surface area is 84.3 Å². The Hall–Kier alpha value is -1.39. The molecule has 0 aliphatic carbocycles. The van der Waals surface area contributed by atoms with E-state index in [1.807, 2.05) is 0 Å². The van der Waals surface area contributed by atoms with Gasteiger partial charge in [0, 0.05) is 0 Å². The number of alkyl halides is 3. The third-order valence-corrected chi connectivity index (χ3v) is 2.70. The van der Waals surface area contributed by atoms with Gasteiger partial charge in [0.2, 0.25) is 0 Å². The molecule has 1 aromatic carbocycles. The van der Waals surface area contributed by atoms with Crippen molar-refractivity contribution in [2.24, 2.45) is 0 Å². The number of halogens is 3. The predicted octanol–water partition coefficient (Wildman–Crippen LogP) is 2.60. The van der Waals surface area contributed by atoms with Gasteiger partial charge in [0.05, 0.1) is 5.56 Å². The van der Waals surface area contributed by atoms with Gasteiger partial charge in [-0.1, -0.05) is 6.07 Å². The summed E-state index contributed by atoms with van der Waals surface area (Å²) in [4.78, 5) is 0. The maximum atomic E-state index is 12.8. The molecule has 0 bridgehead atoms. The van der Waals surface area contributed by atoms with E-state index in [1.165, 1.54) is 18.2 Å². The van der Waals surface area contributed by atoms with E-state index in [9.17, 15) is 18.3 Å². The predicted molar refractivity (Wildman–Crippen MR) is 47.0 cm³/mol. The lowest BCUT2D eigenvalue weighted by Gasteiger charge is -2.26. The van der Waals surface area contributed by atoms with E-state index >= 15 is 0 Å². The highest BCUT2D eigenvalue weighted by Crippen LogP contribution is 2.51. The van der Waals surface area contributed by atoms with Gasteiger partial charge < -0.3 is 9.84 Å². The van der Waals surface area contributed by atoms with Crippen LogP contribution in [0.4, 0.5) is 13.2 Å². The molecule has 1 aromatic rings. The van der Waals surface area contributed by atoms with Crippen molar-refractivity contribution in [3.05, 3.63) is 23.8 Å². The number of phenols is 1. The molecule has 0 amide bonds. The van der Waals surface area contributed by atoms with Gasteiger partial charge in [-0.15, -0.1) is 0 Å². The first-order chi connectivity index (χ1) is 6.86. The number of aromatic hydroxyl groups is 1. The summed E-state index contributed by atoms with van der Waals surface area (Å²) in [5, 5.41) is 9.45. The second kappa shape index (κ2) is 2.81. The van der Waals surface area contributed by atoms with Gasteiger partial charge in [0.25, 0.3) is 0 Å². The summed E-state index contributed by atoms with van der Waals surface area (Å²) in [6.07, 6.45) is -4.43. The summed E-state index contributed by atoms with van der Waals surface area (Å²) in [5.74, 6) is -0.264. The molecule has 0 radical (unpaired) electrons. The molecule has 1 heterocycles. The molecule has 0 saturated heterocycles. The van der Waals surface area contributed by atoms with Gasteiger partial charge >= 0.3 is 6.18 Å². The molecule has 0 spiro atoms. The van der Waals surface area contributed by atoms with Crippen molar-refractivity contribution in [2.45, 2.75) is 18.5 Å². The molecule has 5 heteroatoms. The van der Waals surface area contributed by atoms with Crippen molar-refractivity contribution >= 4 is 0 Å². The smallest absolute Gasteiger partial charge is 0.401 e. The number of ether oxygens (including phenoxy) is 1. The van der Waals surface area contributed by atoms with Crippen LogP contribution in [0.5, 0.6) is 11.5 Å². The van der Waals surface area contributed by atoms with E-state index in [0.717, 1.165) is 6.92 Å². The highest BCUT2D eigenvalue weighted by atomic mass is 19.4. The normalized spacial score (nSPS) is 24.8. The van der Waals surface area contributed by atoms with Crippen LogP contribution in [0, 0.1) is 0 Å². The number of benzene rings is 1. The van der Waals surface area contributed by atoms with Crippen LogP contribution in [0.15, 0.2) is 18.2 Å². The third-order valence-electron chi connectivity index (χ3n) is 2.70. The standard InChI is InChI=1S/C10H9F3O2/c1-9(10(11,12)13)5-15-7-4-2-3-6(14)8(7)9/h2-4,14H,5H2,1H3. The Morgan fingerprint density at radius 1 is 1.40 bits per heavy atom. The Kier molecular flexibility index (Phi) is 1.90. The number of hydrogen-bond acceptors (Lipinski definition) is 2. The van der Waals surface area contributed by atoms with Crippen LogP contribution in [-0.2, 0) is 5.41 Å². The molecule has 1 N–H and O–H groups in total. The topological polar surface area (TPSA) is 29.5 Å². The zero-order chi connectivity index (χ0) is 11.3. The first kappa shape index (κ1) is 10.1. The molecule has 1 aliphatic rings. The Morgan fingerprint density at radius 2 is 2.07 bits per heavy atom. The van der Waals surface area contributed by atoms with Crippen LogP contribution < -0.4 is 4.74 Å². The van der Waals surface area contributed by atoms with Gasteiger partial charge in [0.1, 0.15) is 23.5 Å². The van der Waals surface area contributed by atoms with Crippen molar-refractivity contribution in [2.75, 3.05) is 6.61 Å². The molecular formula is C10H9F3O2. The SMILES string of the molecule is CC1(C(F)(F)F)COc2cccc(O)c21. The largest absolute Gasteiger partial charge is 0.508 e. The molecule has 2 rings (SSSR count). The lowest BCUT2D eigenvalue weighted by atomic mass is 9.83. The van der Waals surface area contributed by atoms with Gasteiger partial charge in [0.15, 0.2) is 0 Å². The molecular weight excluding hydrogens is 209 g/mol. The minimum Gasteiger partial charge on any atom is -0.508 e. The summed E-state index contributed by atoms with van der Waals surface area (Å²) in [5.41, 5.74) is -2.29. The monoisotopic (exact) mass is 218 g/mol. The van der Waals surface area contributed by atoms with Gasteiger partial charge in [-0.2, -0.15) is 13.2 Å². The Morgan fingerprint density at radius 3 is 2.67 bits per heavy atom. The van der Waals surface area contributed by atoms with E-state index in [-0.39, 0.29) is 17.1 Å². The average Bonchev–Trinajstić information content (AvgIpc) is 2.45. The summed E-state index contributed by atoms with van der Waals surface area (Å²) in [6.45, 7) is 0.544. The van der Waals surface area contributed by atoms with Gasteiger partial charge in [-0.3, -0.25) is 0 Å². The number of fused-ring (bicyclic) bond motifs is 1. The Bertz CT molecular complexity index is 400. The molecule has 0 fully saturated rings. The third kappa shape index (κ3) is 1.26. The highest BCUT2D eigenvalue weighted by Gasteiger charge is 2.58. The molecule has 0 aromatic heterocycles. The van der Waals surface area contributed by atoms with Crippen LogP contribution in [0.2, 0.25) is 0 Å². The first-order valence-corrected chi connectivity index (χ1v) is 4.38. The fourth-order valence-electron chi connectivity index (χ4n) is 1.71. The lowest BCUT2D eigenvalue weighted by molar-refractivity contribution is -0.187. The number of rotatable bonds is 0. The minimum absolute atomic E-state index is 0.106.